The van der Waals surface area contributed by atoms with Crippen molar-refractivity contribution in [1.29, 1.82) is 0 Å². The molecule has 1 saturated heterocycles. The maximum absolute atomic E-state index is 11.9. The van der Waals surface area contributed by atoms with Gasteiger partial charge in [-0.05, 0) is 12.1 Å². The first-order valence-electron chi connectivity index (χ1n) is 5.93. The van der Waals surface area contributed by atoms with Gasteiger partial charge in [0.25, 0.3) is 0 Å². The normalized spacial score (nSPS) is 17.8. The van der Waals surface area contributed by atoms with Crippen LogP contribution in [0.15, 0.2) is 18.2 Å². The van der Waals surface area contributed by atoms with Gasteiger partial charge < -0.3 is 20.1 Å². The molecule has 0 aromatic heterocycles. The third kappa shape index (κ3) is 2.96. The molecule has 1 aromatic rings. The van der Waals surface area contributed by atoms with E-state index in [1.54, 1.807) is 25.3 Å². The second kappa shape index (κ2) is 5.60. The molecule has 1 unspecified atom stereocenters. The standard InChI is InChI=1S/C13H16N2O4/c1-18-10-4-3-9(6-11(10)19-2)15-13(17)8-5-12(16)14-7-8/h3-4,6,8H,5,7H2,1-2H3,(H,14,16)(H,15,17). The van der Waals surface area contributed by atoms with Gasteiger partial charge in [0.05, 0.1) is 20.1 Å². The van der Waals surface area contributed by atoms with E-state index in [-0.39, 0.29) is 24.2 Å². The van der Waals surface area contributed by atoms with E-state index in [1.807, 2.05) is 0 Å². The van der Waals surface area contributed by atoms with Crippen molar-refractivity contribution in [3.05, 3.63) is 18.2 Å². The van der Waals surface area contributed by atoms with Crippen LogP contribution in [0.3, 0.4) is 0 Å². The Morgan fingerprint density at radius 1 is 1.32 bits per heavy atom. The third-order valence-electron chi connectivity index (χ3n) is 3.00. The molecule has 2 N–H and O–H groups in total. The van der Waals surface area contributed by atoms with Gasteiger partial charge in [-0.3, -0.25) is 9.59 Å². The predicted octanol–water partition coefficient (Wildman–Crippen LogP) is 0.778. The van der Waals surface area contributed by atoms with Gasteiger partial charge in [-0.2, -0.15) is 0 Å². The van der Waals surface area contributed by atoms with Crippen molar-refractivity contribution in [2.45, 2.75) is 6.42 Å². The fraction of sp³-hybridized carbons (Fsp3) is 0.385. The van der Waals surface area contributed by atoms with E-state index >= 15 is 0 Å². The smallest absolute Gasteiger partial charge is 0.229 e. The molecule has 102 valence electrons. The van der Waals surface area contributed by atoms with Gasteiger partial charge in [0.15, 0.2) is 11.5 Å². The highest BCUT2D eigenvalue weighted by molar-refractivity contribution is 5.97. The highest BCUT2D eigenvalue weighted by atomic mass is 16.5. The van der Waals surface area contributed by atoms with Gasteiger partial charge in [0.1, 0.15) is 0 Å². The van der Waals surface area contributed by atoms with Crippen LogP contribution in [0.4, 0.5) is 5.69 Å². The Bertz CT molecular complexity index is 501. The zero-order chi connectivity index (χ0) is 13.8. The second-order valence-electron chi connectivity index (χ2n) is 4.26. The summed E-state index contributed by atoms with van der Waals surface area (Å²) in [6.07, 6.45) is 0.235. The van der Waals surface area contributed by atoms with Crippen molar-refractivity contribution in [3.63, 3.8) is 0 Å². The van der Waals surface area contributed by atoms with Crippen LogP contribution < -0.4 is 20.1 Å². The highest BCUT2D eigenvalue weighted by Gasteiger charge is 2.27. The SMILES string of the molecule is COc1ccc(NC(=O)C2CNC(=O)C2)cc1OC. The number of ether oxygens (including phenoxy) is 2. The van der Waals surface area contributed by atoms with Crippen LogP contribution in [0.2, 0.25) is 0 Å². The molecule has 1 atom stereocenters. The summed E-state index contributed by atoms with van der Waals surface area (Å²) < 4.78 is 10.3. The van der Waals surface area contributed by atoms with Crippen LogP contribution in [-0.4, -0.2) is 32.6 Å². The Balaban J connectivity index is 2.06. The summed E-state index contributed by atoms with van der Waals surface area (Å²) in [5, 5.41) is 5.40. The molecule has 0 radical (unpaired) electrons. The summed E-state index contributed by atoms with van der Waals surface area (Å²) >= 11 is 0. The van der Waals surface area contributed by atoms with Crippen molar-refractivity contribution in [2.75, 3.05) is 26.1 Å². The van der Waals surface area contributed by atoms with Crippen LogP contribution in [0.25, 0.3) is 0 Å². The minimum Gasteiger partial charge on any atom is -0.493 e. The summed E-state index contributed by atoms with van der Waals surface area (Å²) in [4.78, 5) is 23.0. The van der Waals surface area contributed by atoms with Crippen molar-refractivity contribution in [1.82, 2.24) is 5.32 Å². The zero-order valence-electron chi connectivity index (χ0n) is 10.9. The first kappa shape index (κ1) is 13.2. The summed E-state index contributed by atoms with van der Waals surface area (Å²) in [5.74, 6) is 0.553. The van der Waals surface area contributed by atoms with E-state index in [2.05, 4.69) is 10.6 Å². The average molecular weight is 264 g/mol. The number of anilines is 1. The van der Waals surface area contributed by atoms with Gasteiger partial charge in [0, 0.05) is 24.7 Å². The number of amides is 2. The lowest BCUT2D eigenvalue weighted by atomic mass is 10.1. The molecule has 1 heterocycles. The van der Waals surface area contributed by atoms with E-state index in [4.69, 9.17) is 9.47 Å². The second-order valence-corrected chi connectivity index (χ2v) is 4.26. The first-order chi connectivity index (χ1) is 9.13. The number of rotatable bonds is 4. The summed E-state index contributed by atoms with van der Waals surface area (Å²) in [5.41, 5.74) is 0.613. The van der Waals surface area contributed by atoms with Gasteiger partial charge in [-0.1, -0.05) is 0 Å². The van der Waals surface area contributed by atoms with Gasteiger partial charge >= 0.3 is 0 Å². The molecule has 19 heavy (non-hydrogen) atoms. The topological polar surface area (TPSA) is 76.7 Å². The van der Waals surface area contributed by atoms with Gasteiger partial charge in [0.2, 0.25) is 11.8 Å². The zero-order valence-corrected chi connectivity index (χ0v) is 10.9. The van der Waals surface area contributed by atoms with Gasteiger partial charge in [-0.25, -0.2) is 0 Å². The monoisotopic (exact) mass is 264 g/mol. The quantitative estimate of drug-likeness (QED) is 0.842. The van der Waals surface area contributed by atoms with E-state index < -0.39 is 0 Å². The Morgan fingerprint density at radius 3 is 2.63 bits per heavy atom. The molecule has 2 rings (SSSR count). The van der Waals surface area contributed by atoms with Crippen LogP contribution in [0, 0.1) is 5.92 Å². The van der Waals surface area contributed by atoms with Crippen molar-refractivity contribution in [2.24, 2.45) is 5.92 Å². The first-order valence-corrected chi connectivity index (χ1v) is 5.93. The molecule has 1 aliphatic heterocycles. The number of methoxy groups -OCH3 is 2. The molecular weight excluding hydrogens is 248 g/mol. The molecule has 0 bridgehead atoms. The molecular formula is C13H16N2O4. The van der Waals surface area contributed by atoms with Crippen LogP contribution in [0.5, 0.6) is 11.5 Å². The highest BCUT2D eigenvalue weighted by Crippen LogP contribution is 2.30. The van der Waals surface area contributed by atoms with Crippen LogP contribution >= 0.6 is 0 Å². The predicted molar refractivity (Wildman–Crippen MR) is 69.3 cm³/mol. The number of carbonyl (C=O) groups excluding carboxylic acids is 2. The fourth-order valence-electron chi connectivity index (χ4n) is 1.95. The average Bonchev–Trinajstić information content (AvgIpc) is 2.85. The van der Waals surface area contributed by atoms with E-state index in [0.717, 1.165) is 0 Å². The molecule has 2 amide bonds. The lowest BCUT2D eigenvalue weighted by Crippen LogP contribution is -2.24. The Labute approximate surface area is 111 Å². The Morgan fingerprint density at radius 2 is 2.05 bits per heavy atom. The number of nitrogens with one attached hydrogen (secondary N) is 2. The largest absolute Gasteiger partial charge is 0.493 e. The number of hydrogen-bond acceptors (Lipinski definition) is 4. The van der Waals surface area contributed by atoms with Gasteiger partial charge in [-0.15, -0.1) is 0 Å². The van der Waals surface area contributed by atoms with Crippen molar-refractivity contribution >= 4 is 17.5 Å². The number of benzene rings is 1. The summed E-state index contributed by atoms with van der Waals surface area (Å²) in [6.45, 7) is 0.387. The Hall–Kier alpha value is -2.24. The summed E-state index contributed by atoms with van der Waals surface area (Å²) in [6, 6.07) is 5.12. The third-order valence-corrected chi connectivity index (χ3v) is 3.00. The molecule has 6 nitrogen and oxygen atoms in total. The lowest BCUT2D eigenvalue weighted by Gasteiger charge is -2.12. The van der Waals surface area contributed by atoms with Crippen LogP contribution in [-0.2, 0) is 9.59 Å². The van der Waals surface area contributed by atoms with E-state index in [9.17, 15) is 9.59 Å². The Kier molecular flexibility index (Phi) is 3.89. The minimum atomic E-state index is -0.319. The molecule has 1 aromatic carbocycles. The number of carbonyl (C=O) groups is 2. The molecule has 1 fully saturated rings. The minimum absolute atomic E-state index is 0.0903. The molecule has 6 heteroatoms. The molecule has 0 spiro atoms. The number of hydrogen-bond donors (Lipinski definition) is 2. The maximum atomic E-state index is 11.9. The molecule has 1 aliphatic rings. The van der Waals surface area contributed by atoms with Crippen LogP contribution in [0.1, 0.15) is 6.42 Å². The van der Waals surface area contributed by atoms with Crippen molar-refractivity contribution < 1.29 is 19.1 Å². The molecule has 0 aliphatic carbocycles. The molecule has 0 saturated carbocycles. The lowest BCUT2D eigenvalue weighted by molar-refractivity contribution is -0.123. The maximum Gasteiger partial charge on any atom is 0.229 e. The van der Waals surface area contributed by atoms with E-state index in [1.165, 1.54) is 7.11 Å². The van der Waals surface area contributed by atoms with E-state index in [0.29, 0.717) is 23.7 Å². The summed E-state index contributed by atoms with van der Waals surface area (Å²) in [7, 11) is 3.08. The van der Waals surface area contributed by atoms with Crippen molar-refractivity contribution in [3.8, 4) is 11.5 Å². The fourth-order valence-corrected chi connectivity index (χ4v) is 1.95.